The molecule has 0 N–H and O–H groups in total. The number of methoxy groups -OCH3 is 1. The van der Waals surface area contributed by atoms with Crippen LogP contribution in [0.2, 0.25) is 0 Å². The third-order valence-corrected chi connectivity index (χ3v) is 6.28. The second-order valence-electron chi connectivity index (χ2n) is 7.23. The van der Waals surface area contributed by atoms with Gasteiger partial charge in [-0.1, -0.05) is 31.3 Å². The Morgan fingerprint density at radius 3 is 2.33 bits per heavy atom. The van der Waals surface area contributed by atoms with Gasteiger partial charge < -0.3 is 14.5 Å². The lowest BCUT2D eigenvalue weighted by atomic mass is 10.1. The van der Waals surface area contributed by atoms with E-state index in [0.717, 1.165) is 41.3 Å². The van der Waals surface area contributed by atoms with Crippen molar-refractivity contribution in [2.75, 3.05) is 57.2 Å². The van der Waals surface area contributed by atoms with Crippen molar-refractivity contribution in [1.29, 1.82) is 0 Å². The van der Waals surface area contributed by atoms with E-state index in [4.69, 9.17) is 9.72 Å². The summed E-state index contributed by atoms with van der Waals surface area (Å²) >= 11 is 1.52. The van der Waals surface area contributed by atoms with Gasteiger partial charge in [0.1, 0.15) is 11.3 Å². The van der Waals surface area contributed by atoms with Gasteiger partial charge in [0, 0.05) is 38.4 Å². The number of aromatic nitrogens is 1. The van der Waals surface area contributed by atoms with Crippen molar-refractivity contribution in [1.82, 2.24) is 9.88 Å². The maximum Gasteiger partial charge on any atom is 0.260 e. The summed E-state index contributed by atoms with van der Waals surface area (Å²) in [5.74, 6) is 0.687. The Morgan fingerprint density at radius 2 is 1.73 bits per heavy atom. The number of para-hydroxylation sites is 1. The Hall–Kier alpha value is -2.64. The van der Waals surface area contributed by atoms with E-state index in [1.165, 1.54) is 11.3 Å². The number of thiazole rings is 1. The molecule has 1 heterocycles. The largest absolute Gasteiger partial charge is 0.494 e. The standard InChI is InChI=1S/C23H30N4O2S/c1-6-26(7-2)15-16-27(22(28)17-11-13-18(14-12-17)25(3)4)23-24-21-19(29-5)9-8-10-20(21)30-23/h8-14H,6-7,15-16H2,1-5H3. The lowest BCUT2D eigenvalue weighted by Crippen LogP contribution is -2.38. The molecule has 0 radical (unpaired) electrons. The molecule has 0 spiro atoms. The van der Waals surface area contributed by atoms with E-state index in [-0.39, 0.29) is 5.91 Å². The van der Waals surface area contributed by atoms with Gasteiger partial charge >= 0.3 is 0 Å². The zero-order chi connectivity index (χ0) is 21.7. The predicted molar refractivity (Wildman–Crippen MR) is 126 cm³/mol. The van der Waals surface area contributed by atoms with Crippen molar-refractivity contribution < 1.29 is 9.53 Å². The van der Waals surface area contributed by atoms with Gasteiger partial charge in [-0.25, -0.2) is 4.98 Å². The Kier molecular flexibility index (Phi) is 7.29. The van der Waals surface area contributed by atoms with Crippen LogP contribution in [0.25, 0.3) is 10.2 Å². The first-order valence-corrected chi connectivity index (χ1v) is 11.0. The van der Waals surface area contributed by atoms with E-state index in [9.17, 15) is 4.79 Å². The molecule has 3 aromatic rings. The average Bonchev–Trinajstić information content (AvgIpc) is 3.20. The Balaban J connectivity index is 1.96. The van der Waals surface area contributed by atoms with Crippen LogP contribution in [0.4, 0.5) is 10.8 Å². The van der Waals surface area contributed by atoms with E-state index in [1.54, 1.807) is 12.0 Å². The molecule has 30 heavy (non-hydrogen) atoms. The average molecular weight is 427 g/mol. The topological polar surface area (TPSA) is 48.9 Å². The molecular weight excluding hydrogens is 396 g/mol. The minimum atomic E-state index is -0.0366. The van der Waals surface area contributed by atoms with Crippen molar-refractivity contribution in [3.63, 3.8) is 0 Å². The number of benzene rings is 2. The van der Waals surface area contributed by atoms with Crippen LogP contribution in [0, 0.1) is 0 Å². The second kappa shape index (κ2) is 9.91. The molecule has 0 atom stereocenters. The fraction of sp³-hybridized carbons (Fsp3) is 0.391. The van der Waals surface area contributed by atoms with E-state index in [1.807, 2.05) is 61.5 Å². The van der Waals surface area contributed by atoms with Gasteiger partial charge in [-0.15, -0.1) is 0 Å². The summed E-state index contributed by atoms with van der Waals surface area (Å²) in [5, 5.41) is 0.698. The first kappa shape index (κ1) is 22.1. The summed E-state index contributed by atoms with van der Waals surface area (Å²) in [5.41, 5.74) is 2.51. The zero-order valence-electron chi connectivity index (χ0n) is 18.4. The van der Waals surface area contributed by atoms with Crippen molar-refractivity contribution in [3.8, 4) is 5.75 Å². The minimum Gasteiger partial charge on any atom is -0.494 e. The van der Waals surface area contributed by atoms with Crippen LogP contribution in [0.5, 0.6) is 5.75 Å². The molecule has 6 nitrogen and oxygen atoms in total. The van der Waals surface area contributed by atoms with Crippen LogP contribution in [0.3, 0.4) is 0 Å². The fourth-order valence-corrected chi connectivity index (χ4v) is 4.32. The first-order valence-electron chi connectivity index (χ1n) is 10.2. The number of likely N-dealkylation sites (N-methyl/N-ethyl adjacent to an activating group) is 1. The molecule has 0 bridgehead atoms. The van der Waals surface area contributed by atoms with Crippen LogP contribution in [0.1, 0.15) is 24.2 Å². The van der Waals surface area contributed by atoms with Crippen LogP contribution < -0.4 is 14.5 Å². The van der Waals surface area contributed by atoms with Gasteiger partial charge in [-0.2, -0.15) is 0 Å². The van der Waals surface area contributed by atoms with E-state index >= 15 is 0 Å². The third kappa shape index (κ3) is 4.74. The number of rotatable bonds is 9. The summed E-state index contributed by atoms with van der Waals surface area (Å²) in [4.78, 5) is 24.4. The number of hydrogen-bond donors (Lipinski definition) is 0. The molecule has 0 aliphatic heterocycles. The molecule has 7 heteroatoms. The number of nitrogens with zero attached hydrogens (tertiary/aromatic N) is 4. The zero-order valence-corrected chi connectivity index (χ0v) is 19.2. The predicted octanol–water partition coefficient (Wildman–Crippen LogP) is 4.36. The highest BCUT2D eigenvalue weighted by Gasteiger charge is 2.23. The van der Waals surface area contributed by atoms with E-state index < -0.39 is 0 Å². The third-order valence-electron chi connectivity index (χ3n) is 5.23. The molecule has 0 aliphatic carbocycles. The summed E-state index contributed by atoms with van der Waals surface area (Å²) in [6, 6.07) is 13.6. The highest BCUT2D eigenvalue weighted by molar-refractivity contribution is 7.22. The molecule has 160 valence electrons. The lowest BCUT2D eigenvalue weighted by Gasteiger charge is -2.25. The van der Waals surface area contributed by atoms with Gasteiger partial charge in [0.05, 0.1) is 11.8 Å². The van der Waals surface area contributed by atoms with Gasteiger partial charge in [0.2, 0.25) is 0 Å². The summed E-state index contributed by atoms with van der Waals surface area (Å²) in [6.07, 6.45) is 0. The lowest BCUT2D eigenvalue weighted by molar-refractivity contribution is 0.0984. The SMILES string of the molecule is CCN(CC)CCN(C(=O)c1ccc(N(C)C)cc1)c1nc2c(OC)cccc2s1. The highest BCUT2D eigenvalue weighted by Crippen LogP contribution is 2.34. The molecule has 0 saturated heterocycles. The van der Waals surface area contributed by atoms with Crippen LogP contribution in [0.15, 0.2) is 42.5 Å². The number of carbonyl (C=O) groups excluding carboxylic acids is 1. The Morgan fingerprint density at radius 1 is 1.03 bits per heavy atom. The van der Waals surface area contributed by atoms with Gasteiger partial charge in [0.15, 0.2) is 5.13 Å². The molecule has 0 saturated carbocycles. The molecule has 0 unspecified atom stereocenters. The number of anilines is 2. The Labute approximate surface area is 182 Å². The molecule has 1 amide bonds. The Bertz CT molecular complexity index is 981. The summed E-state index contributed by atoms with van der Waals surface area (Å²) in [7, 11) is 5.62. The van der Waals surface area contributed by atoms with Gasteiger partial charge in [0.25, 0.3) is 5.91 Å². The quantitative estimate of drug-likeness (QED) is 0.509. The van der Waals surface area contributed by atoms with E-state index in [2.05, 4.69) is 18.7 Å². The number of hydrogen-bond acceptors (Lipinski definition) is 6. The van der Waals surface area contributed by atoms with Crippen LogP contribution >= 0.6 is 11.3 Å². The van der Waals surface area contributed by atoms with Gasteiger partial charge in [-0.05, 0) is 49.5 Å². The van der Waals surface area contributed by atoms with Crippen LogP contribution in [-0.4, -0.2) is 63.2 Å². The van der Waals surface area contributed by atoms with Crippen molar-refractivity contribution in [3.05, 3.63) is 48.0 Å². The smallest absolute Gasteiger partial charge is 0.260 e. The number of fused-ring (bicyclic) bond motifs is 1. The van der Waals surface area contributed by atoms with Crippen molar-refractivity contribution >= 4 is 38.3 Å². The highest BCUT2D eigenvalue weighted by atomic mass is 32.1. The molecule has 2 aromatic carbocycles. The molecule has 0 aliphatic rings. The van der Waals surface area contributed by atoms with Crippen molar-refractivity contribution in [2.24, 2.45) is 0 Å². The number of ether oxygens (including phenoxy) is 1. The maximum absolute atomic E-state index is 13.5. The number of carbonyl (C=O) groups is 1. The summed E-state index contributed by atoms with van der Waals surface area (Å²) < 4.78 is 6.47. The van der Waals surface area contributed by atoms with E-state index in [0.29, 0.717) is 17.2 Å². The molecule has 3 rings (SSSR count). The summed E-state index contributed by atoms with van der Waals surface area (Å²) in [6.45, 7) is 7.55. The molecule has 1 aromatic heterocycles. The monoisotopic (exact) mass is 426 g/mol. The maximum atomic E-state index is 13.5. The first-order chi connectivity index (χ1) is 14.5. The minimum absolute atomic E-state index is 0.0366. The van der Waals surface area contributed by atoms with Crippen LogP contribution in [-0.2, 0) is 0 Å². The molecule has 0 fully saturated rings. The number of amides is 1. The van der Waals surface area contributed by atoms with Crippen molar-refractivity contribution in [2.45, 2.75) is 13.8 Å². The second-order valence-corrected chi connectivity index (χ2v) is 8.24. The normalized spacial score (nSPS) is 11.1. The molecular formula is C23H30N4O2S. The fourth-order valence-electron chi connectivity index (χ4n) is 3.32. The van der Waals surface area contributed by atoms with Gasteiger partial charge in [-0.3, -0.25) is 9.69 Å².